The van der Waals surface area contributed by atoms with Gasteiger partial charge in [0.2, 0.25) is 0 Å². The Morgan fingerprint density at radius 2 is 1.32 bits per heavy atom. The monoisotopic (exact) mass is 456 g/mol. The fourth-order valence-electron chi connectivity index (χ4n) is 3.86. The Morgan fingerprint density at radius 1 is 0.677 bits per heavy atom. The molecular weight excluding hydrogens is 424 g/mol. The van der Waals surface area contributed by atoms with Crippen molar-refractivity contribution in [2.24, 2.45) is 0 Å². The molecule has 0 aromatic rings. The Morgan fingerprint density at radius 3 is 1.97 bits per heavy atom. The lowest BCUT2D eigenvalue weighted by Gasteiger charge is -2.47. The van der Waals surface area contributed by atoms with E-state index < -0.39 is 92.6 Å². The van der Waals surface area contributed by atoms with Crippen molar-refractivity contribution < 1.29 is 64.5 Å². The highest BCUT2D eigenvalue weighted by molar-refractivity contribution is 4.94. The highest BCUT2D eigenvalue weighted by Gasteiger charge is 2.51. The summed E-state index contributed by atoms with van der Waals surface area (Å²) < 4.78 is 27.2. The van der Waals surface area contributed by atoms with Gasteiger partial charge in [0.05, 0.1) is 24.9 Å². The number of aliphatic hydroxyl groups is 8. The van der Waals surface area contributed by atoms with Crippen LogP contribution in [0.2, 0.25) is 0 Å². The summed E-state index contributed by atoms with van der Waals surface area (Å²) in [5, 5.41) is 80.4. The van der Waals surface area contributed by atoms with Crippen LogP contribution in [0.4, 0.5) is 0 Å². The predicted octanol–water partition coefficient (Wildman–Crippen LogP) is -4.49. The lowest BCUT2D eigenvalue weighted by Crippen LogP contribution is -2.65. The number of hydrogen-bond acceptors (Lipinski definition) is 13. The molecule has 0 aliphatic carbocycles. The average Bonchev–Trinajstić information content (AvgIpc) is 2.72. The van der Waals surface area contributed by atoms with Crippen LogP contribution in [0.3, 0.4) is 0 Å². The Kier molecular flexibility index (Phi) is 8.24. The smallest absolute Gasteiger partial charge is 0.187 e. The van der Waals surface area contributed by atoms with Crippen molar-refractivity contribution in [1.82, 2.24) is 0 Å². The number of rotatable bonds is 5. The summed E-state index contributed by atoms with van der Waals surface area (Å²) in [5.41, 5.74) is 0. The Balaban J connectivity index is 1.77. The minimum atomic E-state index is -1.76. The molecule has 0 bridgehead atoms. The summed E-state index contributed by atoms with van der Waals surface area (Å²) in [6.45, 7) is 2.36. The number of ether oxygens (including phenoxy) is 5. The predicted molar refractivity (Wildman–Crippen MR) is 97.0 cm³/mol. The maximum absolute atomic E-state index is 10.6. The van der Waals surface area contributed by atoms with Gasteiger partial charge < -0.3 is 64.5 Å². The van der Waals surface area contributed by atoms with Crippen LogP contribution in [-0.2, 0) is 23.7 Å². The van der Waals surface area contributed by atoms with E-state index in [4.69, 9.17) is 23.7 Å². The van der Waals surface area contributed by atoms with Crippen molar-refractivity contribution in [1.29, 1.82) is 0 Å². The molecule has 3 fully saturated rings. The van der Waals surface area contributed by atoms with Gasteiger partial charge in [-0.15, -0.1) is 0 Å². The molecule has 0 amide bonds. The van der Waals surface area contributed by atoms with E-state index in [0.29, 0.717) is 0 Å². The Labute approximate surface area is 178 Å². The van der Waals surface area contributed by atoms with Crippen molar-refractivity contribution in [2.75, 3.05) is 6.61 Å². The first kappa shape index (κ1) is 25.1. The molecule has 3 heterocycles. The van der Waals surface area contributed by atoms with E-state index in [-0.39, 0.29) is 6.42 Å². The zero-order chi connectivity index (χ0) is 23.0. The second-order valence-corrected chi connectivity index (χ2v) is 8.20. The summed E-state index contributed by atoms with van der Waals surface area (Å²) in [7, 11) is 0. The maximum Gasteiger partial charge on any atom is 0.187 e. The van der Waals surface area contributed by atoms with E-state index in [2.05, 4.69) is 0 Å². The highest BCUT2D eigenvalue weighted by Crippen LogP contribution is 2.32. The summed E-state index contributed by atoms with van der Waals surface area (Å²) in [6.07, 6.45) is -18.8. The van der Waals surface area contributed by atoms with Crippen LogP contribution in [0.5, 0.6) is 0 Å². The first-order chi connectivity index (χ1) is 14.5. The topological polar surface area (TPSA) is 208 Å². The van der Waals surface area contributed by atoms with Gasteiger partial charge in [-0.25, -0.2) is 0 Å². The SMILES string of the molecule is C[C@@H]1OC(O)[C@H](O[C@H]2O[C@H](CO)[C@H](O)[C@H](O)[C@H]2O)[C@H](O[C@H]2O[C@H](C)[C@H](O)C[C@H]2O)[C@H]1O. The van der Waals surface area contributed by atoms with Crippen LogP contribution < -0.4 is 0 Å². The standard InChI is InChI=1S/C18H32O13/c1-5-7(20)3-8(21)17(28-5)30-14-10(22)6(2)27-16(26)15(14)31-18-13(25)12(24)11(23)9(4-19)29-18/h5-26H,3-4H2,1-2H3/t5-,6+,7-,8-,9-,10+,11+,12+,13-,14-,15-,16?,17-,18-/m1/s1. The third-order valence-corrected chi connectivity index (χ3v) is 5.90. The molecule has 0 aromatic carbocycles. The zero-order valence-electron chi connectivity index (χ0n) is 17.1. The molecule has 0 aromatic heterocycles. The molecule has 3 rings (SSSR count). The lowest BCUT2D eigenvalue weighted by atomic mass is 9.97. The molecule has 31 heavy (non-hydrogen) atoms. The van der Waals surface area contributed by atoms with Crippen molar-refractivity contribution in [2.45, 2.75) is 106 Å². The van der Waals surface area contributed by atoms with Gasteiger partial charge in [-0.1, -0.05) is 0 Å². The van der Waals surface area contributed by atoms with E-state index in [1.807, 2.05) is 0 Å². The molecule has 8 N–H and O–H groups in total. The van der Waals surface area contributed by atoms with Crippen molar-refractivity contribution >= 4 is 0 Å². The van der Waals surface area contributed by atoms with Crippen LogP contribution in [0, 0.1) is 0 Å². The van der Waals surface area contributed by atoms with Crippen LogP contribution in [0.1, 0.15) is 20.3 Å². The van der Waals surface area contributed by atoms with Gasteiger partial charge in [-0.05, 0) is 13.8 Å². The molecule has 3 saturated heterocycles. The molecule has 0 spiro atoms. The summed E-state index contributed by atoms with van der Waals surface area (Å²) in [4.78, 5) is 0. The minimum absolute atomic E-state index is 0.0402. The van der Waals surface area contributed by atoms with Crippen molar-refractivity contribution in [3.63, 3.8) is 0 Å². The fourth-order valence-corrected chi connectivity index (χ4v) is 3.86. The molecule has 13 nitrogen and oxygen atoms in total. The minimum Gasteiger partial charge on any atom is -0.394 e. The molecule has 13 heteroatoms. The lowest BCUT2D eigenvalue weighted by molar-refractivity contribution is -0.380. The fraction of sp³-hybridized carbons (Fsp3) is 1.00. The number of hydrogen-bond donors (Lipinski definition) is 8. The largest absolute Gasteiger partial charge is 0.394 e. The van der Waals surface area contributed by atoms with Crippen LogP contribution in [0.15, 0.2) is 0 Å². The molecule has 1 unspecified atom stereocenters. The third kappa shape index (κ3) is 5.19. The van der Waals surface area contributed by atoms with Crippen molar-refractivity contribution in [3.8, 4) is 0 Å². The average molecular weight is 456 g/mol. The molecule has 182 valence electrons. The molecular formula is C18H32O13. The Bertz CT molecular complexity index is 579. The van der Waals surface area contributed by atoms with Gasteiger partial charge >= 0.3 is 0 Å². The van der Waals surface area contributed by atoms with Gasteiger partial charge in [-0.3, -0.25) is 0 Å². The molecule has 0 radical (unpaired) electrons. The van der Waals surface area contributed by atoms with E-state index in [1.165, 1.54) is 6.92 Å². The first-order valence-corrected chi connectivity index (χ1v) is 10.2. The summed E-state index contributed by atoms with van der Waals surface area (Å²) >= 11 is 0. The summed E-state index contributed by atoms with van der Waals surface area (Å²) in [5.74, 6) is 0. The third-order valence-electron chi connectivity index (χ3n) is 5.90. The van der Waals surface area contributed by atoms with Gasteiger partial charge in [0.1, 0.15) is 48.8 Å². The first-order valence-electron chi connectivity index (χ1n) is 10.2. The van der Waals surface area contributed by atoms with Gasteiger partial charge in [0, 0.05) is 6.42 Å². The second kappa shape index (κ2) is 10.2. The quantitative estimate of drug-likeness (QED) is 0.196. The Hall–Kier alpha value is -0.520. The van der Waals surface area contributed by atoms with Gasteiger partial charge in [0.25, 0.3) is 0 Å². The molecule has 14 atom stereocenters. The van der Waals surface area contributed by atoms with Crippen LogP contribution in [-0.4, -0.2) is 133 Å². The molecule has 0 saturated carbocycles. The van der Waals surface area contributed by atoms with E-state index in [9.17, 15) is 40.9 Å². The molecule has 3 aliphatic rings. The van der Waals surface area contributed by atoms with Crippen LogP contribution in [0.25, 0.3) is 0 Å². The van der Waals surface area contributed by atoms with Crippen molar-refractivity contribution in [3.05, 3.63) is 0 Å². The highest BCUT2D eigenvalue weighted by atomic mass is 16.8. The normalized spacial score (nSPS) is 54.0. The number of aliphatic hydroxyl groups excluding tert-OH is 8. The van der Waals surface area contributed by atoms with Gasteiger partial charge in [-0.2, -0.15) is 0 Å². The van der Waals surface area contributed by atoms with Crippen LogP contribution >= 0.6 is 0 Å². The molecule has 3 aliphatic heterocycles. The summed E-state index contributed by atoms with van der Waals surface area (Å²) in [6, 6.07) is 0. The van der Waals surface area contributed by atoms with E-state index in [0.717, 1.165) is 0 Å². The van der Waals surface area contributed by atoms with Gasteiger partial charge in [0.15, 0.2) is 18.9 Å². The van der Waals surface area contributed by atoms with E-state index in [1.54, 1.807) is 6.92 Å². The zero-order valence-corrected chi connectivity index (χ0v) is 17.1. The maximum atomic E-state index is 10.6. The second-order valence-electron chi connectivity index (χ2n) is 8.20. The van der Waals surface area contributed by atoms with E-state index >= 15 is 0 Å².